The summed E-state index contributed by atoms with van der Waals surface area (Å²) in [5.41, 5.74) is 0.750. The molecule has 2 saturated heterocycles. The van der Waals surface area contributed by atoms with Crippen LogP contribution in [0, 0.1) is 11.3 Å². The van der Waals surface area contributed by atoms with Gasteiger partial charge in [0, 0.05) is 36.2 Å². The second-order valence-corrected chi connectivity index (χ2v) is 10.9. The van der Waals surface area contributed by atoms with E-state index < -0.39 is 11.3 Å². The average molecular weight is 474 g/mol. The highest BCUT2D eigenvalue weighted by atomic mass is 19.3. The van der Waals surface area contributed by atoms with Gasteiger partial charge in [-0.1, -0.05) is 0 Å². The number of halogens is 2. The molecule has 3 fully saturated rings. The Morgan fingerprint density at radius 2 is 1.82 bits per heavy atom. The standard InChI is InChI=1S/C26H37F2N5O/c1-29-24(34)20-5-8-23-21(15-20)17-33(30-23)22-6-3-19(4-7-22)16-32-14-11-25(26(27,28)18-32)9-12-31(2)13-10-25/h5,8,15,17,19,22H,3-4,6-7,9-14,16,18H2,1-2H3,(H,29,34). The maximum atomic E-state index is 15.3. The van der Waals surface area contributed by atoms with Gasteiger partial charge in [0.2, 0.25) is 0 Å². The lowest BCUT2D eigenvalue weighted by Gasteiger charge is -2.51. The number of carbonyl (C=O) groups is 1. The van der Waals surface area contributed by atoms with E-state index >= 15 is 8.78 Å². The molecule has 3 aliphatic rings. The van der Waals surface area contributed by atoms with E-state index in [0.717, 1.165) is 62.8 Å². The molecule has 0 atom stereocenters. The third-order valence-corrected chi connectivity index (χ3v) is 8.77. The van der Waals surface area contributed by atoms with Crippen molar-refractivity contribution >= 4 is 16.8 Å². The molecule has 1 spiro atoms. The minimum atomic E-state index is -2.59. The molecule has 1 aromatic heterocycles. The Balaban J connectivity index is 1.16. The highest BCUT2D eigenvalue weighted by Crippen LogP contribution is 2.51. The van der Waals surface area contributed by atoms with Crippen molar-refractivity contribution in [2.75, 3.05) is 46.8 Å². The van der Waals surface area contributed by atoms with Gasteiger partial charge in [-0.25, -0.2) is 8.78 Å². The molecule has 5 rings (SSSR count). The molecule has 8 heteroatoms. The summed E-state index contributed by atoms with van der Waals surface area (Å²) in [4.78, 5) is 16.1. The second kappa shape index (κ2) is 9.19. The number of aromatic nitrogens is 2. The summed E-state index contributed by atoms with van der Waals surface area (Å²) in [5.74, 6) is -2.21. The largest absolute Gasteiger partial charge is 0.355 e. The van der Waals surface area contributed by atoms with Crippen LogP contribution >= 0.6 is 0 Å². The van der Waals surface area contributed by atoms with Gasteiger partial charge < -0.3 is 10.2 Å². The maximum absolute atomic E-state index is 15.3. The molecule has 6 nitrogen and oxygen atoms in total. The fraction of sp³-hybridized carbons (Fsp3) is 0.692. The summed E-state index contributed by atoms with van der Waals surface area (Å²) in [5, 5.41) is 8.38. The lowest BCUT2D eigenvalue weighted by molar-refractivity contribution is -0.188. The predicted molar refractivity (Wildman–Crippen MR) is 129 cm³/mol. The van der Waals surface area contributed by atoms with Crippen LogP contribution in [0.3, 0.4) is 0 Å². The predicted octanol–water partition coefficient (Wildman–Crippen LogP) is 4.18. The van der Waals surface area contributed by atoms with Gasteiger partial charge in [0.05, 0.1) is 18.1 Å². The van der Waals surface area contributed by atoms with Crippen LogP contribution in [0.25, 0.3) is 10.9 Å². The summed E-state index contributed by atoms with van der Waals surface area (Å²) in [7, 11) is 3.66. The first-order chi connectivity index (χ1) is 16.3. The average Bonchev–Trinajstić information content (AvgIpc) is 3.26. The van der Waals surface area contributed by atoms with Crippen molar-refractivity contribution < 1.29 is 13.6 Å². The zero-order valence-electron chi connectivity index (χ0n) is 20.4. The van der Waals surface area contributed by atoms with Crippen LogP contribution in [0.15, 0.2) is 24.4 Å². The SMILES string of the molecule is CNC(=O)c1ccc2nn(C3CCC(CN4CCC5(CCN(C)CC5)C(F)(F)C4)CC3)cc2c1. The van der Waals surface area contributed by atoms with Crippen LogP contribution in [-0.4, -0.2) is 78.2 Å². The lowest BCUT2D eigenvalue weighted by Crippen LogP contribution is -2.59. The van der Waals surface area contributed by atoms with Crippen molar-refractivity contribution in [1.29, 1.82) is 0 Å². The fourth-order valence-electron chi connectivity index (χ4n) is 6.38. The van der Waals surface area contributed by atoms with Crippen molar-refractivity contribution in [3.63, 3.8) is 0 Å². The number of likely N-dealkylation sites (tertiary alicyclic amines) is 2. The van der Waals surface area contributed by atoms with E-state index in [1.54, 1.807) is 13.1 Å². The molecular weight excluding hydrogens is 436 g/mol. The van der Waals surface area contributed by atoms with E-state index in [9.17, 15) is 4.79 Å². The highest BCUT2D eigenvalue weighted by molar-refractivity contribution is 5.97. The fourth-order valence-corrected chi connectivity index (χ4v) is 6.38. The lowest BCUT2D eigenvalue weighted by atomic mass is 9.68. The zero-order chi connectivity index (χ0) is 23.9. The van der Waals surface area contributed by atoms with Gasteiger partial charge in [-0.2, -0.15) is 5.10 Å². The molecule has 2 aliphatic heterocycles. The van der Waals surface area contributed by atoms with Crippen molar-refractivity contribution in [1.82, 2.24) is 24.9 Å². The first-order valence-electron chi connectivity index (χ1n) is 12.8. The smallest absolute Gasteiger partial charge is 0.266 e. The molecule has 1 aromatic carbocycles. The Labute approximate surface area is 200 Å². The van der Waals surface area contributed by atoms with Crippen LogP contribution in [0.4, 0.5) is 8.78 Å². The summed E-state index contributed by atoms with van der Waals surface area (Å²) in [6, 6.07) is 5.92. The molecule has 1 N–H and O–H groups in total. The number of nitrogens with one attached hydrogen (secondary N) is 1. The first-order valence-corrected chi connectivity index (χ1v) is 12.8. The molecule has 1 saturated carbocycles. The Bertz CT molecular complexity index is 1020. The zero-order valence-corrected chi connectivity index (χ0v) is 20.4. The van der Waals surface area contributed by atoms with E-state index in [2.05, 4.69) is 10.2 Å². The summed E-state index contributed by atoms with van der Waals surface area (Å²) >= 11 is 0. The Morgan fingerprint density at radius 1 is 1.12 bits per heavy atom. The third kappa shape index (κ3) is 4.47. The minimum absolute atomic E-state index is 0.0745. The van der Waals surface area contributed by atoms with Gasteiger partial charge in [0.1, 0.15) is 0 Å². The summed E-state index contributed by atoms with van der Waals surface area (Å²) in [6.45, 7) is 3.09. The highest BCUT2D eigenvalue weighted by Gasteiger charge is 2.56. The number of rotatable bonds is 4. The molecule has 0 bridgehead atoms. The Hall–Kier alpha value is -2.06. The minimum Gasteiger partial charge on any atom is -0.355 e. The molecule has 0 radical (unpaired) electrons. The molecule has 3 heterocycles. The second-order valence-electron chi connectivity index (χ2n) is 10.9. The Kier molecular flexibility index (Phi) is 6.40. The van der Waals surface area contributed by atoms with Crippen molar-refractivity contribution in [2.24, 2.45) is 11.3 Å². The van der Waals surface area contributed by atoms with Gasteiger partial charge in [0.15, 0.2) is 0 Å². The van der Waals surface area contributed by atoms with Gasteiger partial charge in [0.25, 0.3) is 11.8 Å². The molecule has 186 valence electrons. The number of nitrogens with zero attached hydrogens (tertiary/aromatic N) is 4. The third-order valence-electron chi connectivity index (χ3n) is 8.77. The number of piperidine rings is 2. The van der Waals surface area contributed by atoms with Crippen LogP contribution in [0.5, 0.6) is 0 Å². The van der Waals surface area contributed by atoms with Gasteiger partial charge in [-0.3, -0.25) is 14.4 Å². The van der Waals surface area contributed by atoms with Crippen LogP contribution < -0.4 is 5.32 Å². The van der Waals surface area contributed by atoms with Crippen molar-refractivity contribution in [3.05, 3.63) is 30.0 Å². The number of carbonyl (C=O) groups excluding carboxylic acids is 1. The van der Waals surface area contributed by atoms with E-state index in [0.29, 0.717) is 36.8 Å². The normalized spacial score (nSPS) is 27.8. The van der Waals surface area contributed by atoms with E-state index in [1.807, 2.05) is 35.0 Å². The monoisotopic (exact) mass is 473 g/mol. The van der Waals surface area contributed by atoms with Gasteiger partial charge in [-0.15, -0.1) is 0 Å². The maximum Gasteiger partial charge on any atom is 0.266 e. The molecule has 1 amide bonds. The number of benzene rings is 1. The van der Waals surface area contributed by atoms with Gasteiger partial charge >= 0.3 is 0 Å². The molecule has 0 unspecified atom stereocenters. The summed E-state index contributed by atoms with van der Waals surface area (Å²) in [6.07, 6.45) is 8.03. The van der Waals surface area contributed by atoms with E-state index in [4.69, 9.17) is 5.10 Å². The number of alkyl halides is 2. The van der Waals surface area contributed by atoms with E-state index in [1.165, 1.54) is 0 Å². The van der Waals surface area contributed by atoms with E-state index in [-0.39, 0.29) is 12.5 Å². The number of hydrogen-bond acceptors (Lipinski definition) is 4. The van der Waals surface area contributed by atoms with Crippen LogP contribution in [0.2, 0.25) is 0 Å². The topological polar surface area (TPSA) is 53.4 Å². The number of fused-ring (bicyclic) bond motifs is 1. The summed E-state index contributed by atoms with van der Waals surface area (Å²) < 4.78 is 32.6. The Morgan fingerprint density at radius 3 is 2.50 bits per heavy atom. The number of amides is 1. The molecule has 2 aromatic rings. The first kappa shape index (κ1) is 23.7. The molecular formula is C26H37F2N5O. The van der Waals surface area contributed by atoms with Crippen LogP contribution in [-0.2, 0) is 0 Å². The van der Waals surface area contributed by atoms with Crippen molar-refractivity contribution in [2.45, 2.75) is 56.9 Å². The molecule has 1 aliphatic carbocycles. The van der Waals surface area contributed by atoms with Crippen molar-refractivity contribution in [3.8, 4) is 0 Å². The molecule has 34 heavy (non-hydrogen) atoms. The van der Waals surface area contributed by atoms with Gasteiger partial charge in [-0.05, 0) is 95.7 Å². The number of hydrogen-bond donors (Lipinski definition) is 1. The van der Waals surface area contributed by atoms with Crippen LogP contribution in [0.1, 0.15) is 61.3 Å². The quantitative estimate of drug-likeness (QED) is 0.724.